The van der Waals surface area contributed by atoms with Crippen molar-refractivity contribution in [2.75, 3.05) is 36.0 Å². The molecule has 0 unspecified atom stereocenters. The average Bonchev–Trinajstić information content (AvgIpc) is 2.62. The number of hydrogen-bond acceptors (Lipinski definition) is 4. The van der Waals surface area contributed by atoms with Crippen molar-refractivity contribution in [3.05, 3.63) is 30.5 Å². The molecule has 0 bridgehead atoms. The van der Waals surface area contributed by atoms with E-state index >= 15 is 0 Å². The molecular weight excluding hydrogens is 394 g/mol. The SMILES string of the molecule is C=CC(=O)N1CCN2c3ncc(C(F)(F)F)cc3N(CC(F)(F)F)C(=O)[C@@H]2C1. The molecule has 28 heavy (non-hydrogen) atoms. The number of fused-ring (bicyclic) bond motifs is 3. The maximum Gasteiger partial charge on any atom is 0.417 e. The number of pyridine rings is 1. The van der Waals surface area contributed by atoms with Gasteiger partial charge in [0.15, 0.2) is 5.82 Å². The Morgan fingerprint density at radius 1 is 1.25 bits per heavy atom. The molecule has 2 aliphatic rings. The lowest BCUT2D eigenvalue weighted by atomic mass is 10.0. The second-order valence-electron chi connectivity index (χ2n) is 6.30. The van der Waals surface area contributed by atoms with Crippen molar-refractivity contribution in [3.63, 3.8) is 0 Å². The van der Waals surface area contributed by atoms with Gasteiger partial charge >= 0.3 is 12.4 Å². The van der Waals surface area contributed by atoms with Gasteiger partial charge in [-0.05, 0) is 12.1 Å². The number of halogens is 6. The Balaban J connectivity index is 2.07. The molecule has 1 saturated heterocycles. The standard InChI is InChI=1S/C16H14F6N4O2/c1-2-12(27)24-3-4-25-11(7-24)14(28)26(8-15(17,18)19)10-5-9(16(20,21)22)6-23-13(10)25/h2,5-6,11H,1,3-4,7-8H2/t11-/m0/s1. The van der Waals surface area contributed by atoms with Gasteiger partial charge in [0, 0.05) is 19.3 Å². The van der Waals surface area contributed by atoms with Crippen molar-refractivity contribution < 1.29 is 35.9 Å². The normalized spacial score (nSPS) is 20.0. The van der Waals surface area contributed by atoms with Gasteiger partial charge in [-0.15, -0.1) is 0 Å². The monoisotopic (exact) mass is 408 g/mol. The summed E-state index contributed by atoms with van der Waals surface area (Å²) in [5.41, 5.74) is -1.82. The highest BCUT2D eigenvalue weighted by molar-refractivity contribution is 6.05. The topological polar surface area (TPSA) is 56.8 Å². The minimum absolute atomic E-state index is 0.0290. The van der Waals surface area contributed by atoms with Gasteiger partial charge in [0.05, 0.1) is 17.8 Å². The largest absolute Gasteiger partial charge is 0.417 e. The summed E-state index contributed by atoms with van der Waals surface area (Å²) in [6.45, 7) is 1.49. The van der Waals surface area contributed by atoms with Crippen LogP contribution in [0.1, 0.15) is 5.56 Å². The molecule has 2 amide bonds. The van der Waals surface area contributed by atoms with E-state index in [1.165, 1.54) is 9.80 Å². The highest BCUT2D eigenvalue weighted by Gasteiger charge is 2.47. The highest BCUT2D eigenvalue weighted by atomic mass is 19.4. The van der Waals surface area contributed by atoms with Gasteiger partial charge in [0.2, 0.25) is 5.91 Å². The molecule has 1 fully saturated rings. The van der Waals surface area contributed by atoms with E-state index in [9.17, 15) is 35.9 Å². The van der Waals surface area contributed by atoms with Crippen LogP contribution in [0.2, 0.25) is 0 Å². The third kappa shape index (κ3) is 3.62. The molecule has 3 rings (SSSR count). The zero-order valence-electron chi connectivity index (χ0n) is 14.2. The molecule has 0 aromatic carbocycles. The van der Waals surface area contributed by atoms with Gasteiger partial charge in [-0.25, -0.2) is 4.98 Å². The Kier molecular flexibility index (Phi) is 4.76. The molecule has 0 aliphatic carbocycles. The third-order valence-corrected chi connectivity index (χ3v) is 4.49. The Bertz CT molecular complexity index is 822. The van der Waals surface area contributed by atoms with Crippen molar-refractivity contribution >= 4 is 23.3 Å². The Labute approximate surface area is 155 Å². The maximum atomic E-state index is 13.0. The van der Waals surface area contributed by atoms with Crippen LogP contribution in [-0.2, 0) is 15.8 Å². The van der Waals surface area contributed by atoms with E-state index in [2.05, 4.69) is 11.6 Å². The molecular formula is C16H14F6N4O2. The predicted octanol–water partition coefficient (Wildman–Crippen LogP) is 2.21. The van der Waals surface area contributed by atoms with Crippen LogP contribution in [0.25, 0.3) is 0 Å². The average molecular weight is 408 g/mol. The van der Waals surface area contributed by atoms with Crippen molar-refractivity contribution in [1.29, 1.82) is 0 Å². The number of anilines is 2. The van der Waals surface area contributed by atoms with Gasteiger partial charge in [0.25, 0.3) is 5.91 Å². The van der Waals surface area contributed by atoms with Gasteiger partial charge in [0.1, 0.15) is 12.6 Å². The van der Waals surface area contributed by atoms with E-state index in [0.29, 0.717) is 12.3 Å². The summed E-state index contributed by atoms with van der Waals surface area (Å²) >= 11 is 0. The molecule has 0 saturated carbocycles. The molecule has 2 aliphatic heterocycles. The summed E-state index contributed by atoms with van der Waals surface area (Å²) in [5.74, 6) is -1.71. The summed E-state index contributed by atoms with van der Waals surface area (Å²) in [6.07, 6.45) is -8.15. The van der Waals surface area contributed by atoms with E-state index in [0.717, 1.165) is 6.08 Å². The first kappa shape index (κ1) is 20.0. The highest BCUT2D eigenvalue weighted by Crippen LogP contribution is 2.41. The molecule has 1 atom stereocenters. The fraction of sp³-hybridized carbons (Fsp3) is 0.438. The van der Waals surface area contributed by atoms with Crippen LogP contribution < -0.4 is 9.80 Å². The van der Waals surface area contributed by atoms with Gasteiger partial charge in [-0.3, -0.25) is 14.5 Å². The summed E-state index contributed by atoms with van der Waals surface area (Å²) in [5, 5.41) is 0. The molecule has 0 N–H and O–H groups in total. The summed E-state index contributed by atoms with van der Waals surface area (Å²) < 4.78 is 78.0. The quantitative estimate of drug-likeness (QED) is 0.556. The first-order valence-electron chi connectivity index (χ1n) is 8.05. The predicted molar refractivity (Wildman–Crippen MR) is 85.6 cm³/mol. The maximum absolute atomic E-state index is 13.0. The minimum atomic E-state index is -4.84. The summed E-state index contributed by atoms with van der Waals surface area (Å²) in [7, 11) is 0. The minimum Gasteiger partial charge on any atom is -0.339 e. The van der Waals surface area contributed by atoms with Crippen LogP contribution in [-0.4, -0.2) is 60.1 Å². The molecule has 1 aromatic heterocycles. The van der Waals surface area contributed by atoms with Crippen LogP contribution in [0, 0.1) is 0 Å². The molecule has 0 radical (unpaired) electrons. The van der Waals surface area contributed by atoms with Crippen LogP contribution in [0.5, 0.6) is 0 Å². The number of hydrogen-bond donors (Lipinski definition) is 0. The van der Waals surface area contributed by atoms with E-state index in [-0.39, 0.29) is 30.4 Å². The van der Waals surface area contributed by atoms with Gasteiger partial charge in [-0.1, -0.05) is 6.58 Å². The molecule has 12 heteroatoms. The third-order valence-electron chi connectivity index (χ3n) is 4.49. The number of rotatable bonds is 2. The Hall–Kier alpha value is -2.79. The van der Waals surface area contributed by atoms with Crippen LogP contribution >= 0.6 is 0 Å². The first-order valence-corrected chi connectivity index (χ1v) is 8.05. The summed E-state index contributed by atoms with van der Waals surface area (Å²) in [6, 6.07) is -0.694. The number of aromatic nitrogens is 1. The van der Waals surface area contributed by atoms with E-state index in [1.54, 1.807) is 0 Å². The van der Waals surface area contributed by atoms with E-state index in [1.807, 2.05) is 0 Å². The number of carbonyl (C=O) groups excluding carboxylic acids is 2. The number of amides is 2. The second-order valence-corrected chi connectivity index (χ2v) is 6.30. The van der Waals surface area contributed by atoms with Crippen LogP contribution in [0.4, 0.5) is 37.8 Å². The molecule has 152 valence electrons. The first-order chi connectivity index (χ1) is 12.9. The zero-order valence-corrected chi connectivity index (χ0v) is 14.2. The number of carbonyl (C=O) groups is 2. The smallest absolute Gasteiger partial charge is 0.339 e. The van der Waals surface area contributed by atoms with Gasteiger partial charge in [-0.2, -0.15) is 26.3 Å². The lowest BCUT2D eigenvalue weighted by Gasteiger charge is -2.47. The lowest BCUT2D eigenvalue weighted by molar-refractivity contribution is -0.138. The molecule has 0 spiro atoms. The number of nitrogens with zero attached hydrogens (tertiary/aromatic N) is 4. The van der Waals surface area contributed by atoms with Crippen molar-refractivity contribution in [3.8, 4) is 0 Å². The van der Waals surface area contributed by atoms with E-state index < -0.39 is 48.0 Å². The molecule has 1 aromatic rings. The number of alkyl halides is 6. The fourth-order valence-electron chi connectivity index (χ4n) is 3.24. The van der Waals surface area contributed by atoms with Crippen LogP contribution in [0.15, 0.2) is 24.9 Å². The van der Waals surface area contributed by atoms with Crippen molar-refractivity contribution in [1.82, 2.24) is 9.88 Å². The molecule has 6 nitrogen and oxygen atoms in total. The fourth-order valence-corrected chi connectivity index (χ4v) is 3.24. The Morgan fingerprint density at radius 2 is 1.93 bits per heavy atom. The lowest BCUT2D eigenvalue weighted by Crippen LogP contribution is -2.64. The van der Waals surface area contributed by atoms with Crippen LogP contribution in [0.3, 0.4) is 0 Å². The van der Waals surface area contributed by atoms with E-state index in [4.69, 9.17) is 0 Å². The molecule has 3 heterocycles. The Morgan fingerprint density at radius 3 is 2.50 bits per heavy atom. The van der Waals surface area contributed by atoms with Gasteiger partial charge < -0.3 is 9.80 Å². The second kappa shape index (κ2) is 6.67. The van der Waals surface area contributed by atoms with Crippen molar-refractivity contribution in [2.24, 2.45) is 0 Å². The zero-order chi connectivity index (χ0) is 20.9. The van der Waals surface area contributed by atoms with Crippen molar-refractivity contribution in [2.45, 2.75) is 18.4 Å². The number of piperazine rings is 1. The summed E-state index contributed by atoms with van der Waals surface area (Å²) in [4.78, 5) is 31.1.